The zero-order valence-electron chi connectivity index (χ0n) is 19.3. The lowest BCUT2D eigenvalue weighted by Crippen LogP contribution is -2.18. The van der Waals surface area contributed by atoms with Crippen molar-refractivity contribution in [2.75, 3.05) is 10.5 Å². The first kappa shape index (κ1) is 23.6. The molecule has 36 heavy (non-hydrogen) atoms. The molecule has 3 heterocycles. The van der Waals surface area contributed by atoms with E-state index in [1.165, 1.54) is 6.20 Å². The highest BCUT2D eigenvalue weighted by Crippen LogP contribution is 2.30. The van der Waals surface area contributed by atoms with E-state index in [1.807, 2.05) is 25.2 Å². The number of ketones is 1. The molecule has 0 aliphatic carbocycles. The third kappa shape index (κ3) is 4.11. The molecule has 2 N–H and O–H groups in total. The number of anilines is 1. The van der Waals surface area contributed by atoms with E-state index in [9.17, 15) is 17.6 Å². The molecule has 3 aromatic heterocycles. The Bertz CT molecular complexity index is 1760. The predicted octanol–water partition coefficient (Wildman–Crippen LogP) is 4.78. The van der Waals surface area contributed by atoms with Gasteiger partial charge in [-0.1, -0.05) is 19.1 Å². The lowest BCUT2D eigenvalue weighted by molar-refractivity contribution is 0.103. The topological polar surface area (TPSA) is 110 Å². The molecule has 5 aromatic rings. The molecule has 8 nitrogen and oxygen atoms in total. The second kappa shape index (κ2) is 8.83. The Hall–Kier alpha value is -4.12. The van der Waals surface area contributed by atoms with E-state index in [4.69, 9.17) is 0 Å². The average Bonchev–Trinajstić information content (AvgIpc) is 3.43. The number of aromatic amines is 1. The van der Waals surface area contributed by atoms with E-state index in [0.29, 0.717) is 23.0 Å². The first-order chi connectivity index (χ1) is 17.2. The van der Waals surface area contributed by atoms with Crippen LogP contribution in [0.2, 0.25) is 0 Å². The minimum atomic E-state index is -3.85. The molecule has 0 unspecified atom stereocenters. The number of nitrogens with zero attached hydrogens (tertiary/aromatic N) is 3. The van der Waals surface area contributed by atoms with Gasteiger partial charge in [0.05, 0.1) is 28.7 Å². The van der Waals surface area contributed by atoms with Crippen molar-refractivity contribution in [1.82, 2.24) is 19.7 Å². The Morgan fingerprint density at radius 2 is 1.92 bits per heavy atom. The van der Waals surface area contributed by atoms with Crippen LogP contribution in [0.15, 0.2) is 55.0 Å². The minimum Gasteiger partial charge on any atom is -0.345 e. The lowest BCUT2D eigenvalue weighted by Gasteiger charge is -2.11. The molecule has 0 saturated heterocycles. The van der Waals surface area contributed by atoms with E-state index in [-0.39, 0.29) is 11.3 Å². The van der Waals surface area contributed by atoms with Gasteiger partial charge in [0.1, 0.15) is 11.5 Å². The third-order valence-corrected chi connectivity index (χ3v) is 7.39. The van der Waals surface area contributed by atoms with Crippen LogP contribution in [0.4, 0.5) is 14.5 Å². The molecule has 0 aliphatic rings. The van der Waals surface area contributed by atoms with E-state index in [0.717, 1.165) is 28.6 Å². The summed E-state index contributed by atoms with van der Waals surface area (Å²) in [6.45, 7) is 1.66. The number of rotatable bonds is 7. The fourth-order valence-corrected chi connectivity index (χ4v) is 5.27. The number of hydrogen-bond donors (Lipinski definition) is 2. The Balaban J connectivity index is 1.58. The molecule has 0 spiro atoms. The molecule has 0 aliphatic heterocycles. The maximum atomic E-state index is 15.2. The van der Waals surface area contributed by atoms with Crippen molar-refractivity contribution < 1.29 is 22.0 Å². The number of pyridine rings is 1. The van der Waals surface area contributed by atoms with Crippen LogP contribution < -0.4 is 4.72 Å². The van der Waals surface area contributed by atoms with Gasteiger partial charge in [0.15, 0.2) is 5.82 Å². The van der Waals surface area contributed by atoms with E-state index in [2.05, 4.69) is 19.8 Å². The zero-order chi connectivity index (χ0) is 25.6. The number of aromatic nitrogens is 4. The number of hydrogen-bond acceptors (Lipinski definition) is 5. The Labute approximate surface area is 205 Å². The SMILES string of the molecule is CCCS(=O)(=O)Nc1ccc(F)c(C(=O)c2c[nH]c3ncc(-c4ccc5cnn(C)c5c4)cc23)c1F. The number of sulfonamides is 1. The molecule has 0 fully saturated rings. The van der Waals surface area contributed by atoms with Crippen molar-refractivity contribution in [3.8, 4) is 11.1 Å². The van der Waals surface area contributed by atoms with Crippen LogP contribution in [0.25, 0.3) is 33.1 Å². The van der Waals surface area contributed by atoms with E-state index >= 15 is 4.39 Å². The smallest absolute Gasteiger partial charge is 0.232 e. The summed E-state index contributed by atoms with van der Waals surface area (Å²) in [4.78, 5) is 20.5. The first-order valence-electron chi connectivity index (χ1n) is 11.1. The monoisotopic (exact) mass is 509 g/mol. The number of H-pyrrole nitrogens is 1. The standard InChI is InChI=1S/C25H21F2N5O3S/c1-3-8-36(34,35)31-20-7-6-19(26)22(23(20)27)24(33)18-13-29-25-17(18)9-16(11-28-25)14-4-5-15-12-30-32(2)21(15)10-14/h4-7,9-13,31H,3,8H2,1-2H3,(H,28,29). The molecule has 0 radical (unpaired) electrons. The molecule has 11 heteroatoms. The number of benzene rings is 2. The molecule has 5 rings (SSSR count). The van der Waals surface area contributed by atoms with Crippen LogP contribution >= 0.6 is 0 Å². The Kier molecular flexibility index (Phi) is 5.79. The van der Waals surface area contributed by atoms with Gasteiger partial charge >= 0.3 is 0 Å². The van der Waals surface area contributed by atoms with Crippen LogP contribution in [0, 0.1) is 11.6 Å². The van der Waals surface area contributed by atoms with Crippen molar-refractivity contribution >= 4 is 43.4 Å². The van der Waals surface area contributed by atoms with Gasteiger partial charge in [-0.05, 0) is 36.2 Å². The second-order valence-corrected chi connectivity index (χ2v) is 10.2. The summed E-state index contributed by atoms with van der Waals surface area (Å²) >= 11 is 0. The summed E-state index contributed by atoms with van der Waals surface area (Å²) in [6, 6.07) is 9.28. The predicted molar refractivity (Wildman–Crippen MR) is 133 cm³/mol. The van der Waals surface area contributed by atoms with Gasteiger partial charge < -0.3 is 4.98 Å². The lowest BCUT2D eigenvalue weighted by atomic mass is 9.99. The van der Waals surface area contributed by atoms with Crippen molar-refractivity contribution in [3.05, 3.63) is 77.8 Å². The largest absolute Gasteiger partial charge is 0.345 e. The normalized spacial score (nSPS) is 11.9. The van der Waals surface area contributed by atoms with Crippen LogP contribution in [-0.2, 0) is 17.1 Å². The molecular weight excluding hydrogens is 488 g/mol. The van der Waals surface area contributed by atoms with Crippen LogP contribution in [0.1, 0.15) is 29.3 Å². The van der Waals surface area contributed by atoms with Gasteiger partial charge in [-0.3, -0.25) is 14.2 Å². The molecule has 184 valence electrons. The van der Waals surface area contributed by atoms with Crippen LogP contribution in [0.5, 0.6) is 0 Å². The quantitative estimate of drug-likeness (QED) is 0.307. The highest BCUT2D eigenvalue weighted by molar-refractivity contribution is 7.92. The van der Waals surface area contributed by atoms with Crippen LogP contribution in [0.3, 0.4) is 0 Å². The molecule has 2 aromatic carbocycles. The minimum absolute atomic E-state index is 0.00678. The molecule has 0 bridgehead atoms. The number of carbonyl (C=O) groups excluding carboxylic acids is 1. The average molecular weight is 510 g/mol. The number of fused-ring (bicyclic) bond motifs is 2. The summed E-state index contributed by atoms with van der Waals surface area (Å²) in [5.41, 5.74) is 1.46. The van der Waals surface area contributed by atoms with Gasteiger partial charge in [-0.25, -0.2) is 22.2 Å². The van der Waals surface area contributed by atoms with Crippen molar-refractivity contribution in [2.24, 2.45) is 7.05 Å². The molecular formula is C25H21F2N5O3S. The summed E-state index contributed by atoms with van der Waals surface area (Å²) in [6.07, 6.45) is 5.03. The molecule has 0 atom stereocenters. The number of nitrogens with one attached hydrogen (secondary N) is 2. The fourth-order valence-electron chi connectivity index (χ4n) is 4.13. The van der Waals surface area contributed by atoms with Gasteiger partial charge in [-0.15, -0.1) is 0 Å². The Morgan fingerprint density at radius 1 is 1.11 bits per heavy atom. The third-order valence-electron chi connectivity index (χ3n) is 5.91. The molecule has 0 saturated carbocycles. The van der Waals surface area contributed by atoms with Crippen molar-refractivity contribution in [2.45, 2.75) is 13.3 Å². The first-order valence-corrected chi connectivity index (χ1v) is 12.8. The van der Waals surface area contributed by atoms with Gasteiger partial charge in [0, 0.05) is 41.3 Å². The summed E-state index contributed by atoms with van der Waals surface area (Å²) in [5, 5.41) is 5.58. The van der Waals surface area contributed by atoms with Crippen molar-refractivity contribution in [3.63, 3.8) is 0 Å². The number of halogens is 2. The number of carbonyl (C=O) groups is 1. The van der Waals surface area contributed by atoms with Gasteiger partial charge in [0.25, 0.3) is 0 Å². The summed E-state index contributed by atoms with van der Waals surface area (Å²) < 4.78 is 57.9. The van der Waals surface area contributed by atoms with E-state index in [1.54, 1.807) is 30.1 Å². The van der Waals surface area contributed by atoms with Crippen LogP contribution in [-0.4, -0.2) is 39.7 Å². The van der Waals surface area contributed by atoms with Gasteiger partial charge in [-0.2, -0.15) is 5.10 Å². The number of aryl methyl sites for hydroxylation is 1. The zero-order valence-corrected chi connectivity index (χ0v) is 20.2. The fraction of sp³-hybridized carbons (Fsp3) is 0.160. The summed E-state index contributed by atoms with van der Waals surface area (Å²) in [5.74, 6) is -3.56. The second-order valence-electron chi connectivity index (χ2n) is 8.40. The van der Waals surface area contributed by atoms with Gasteiger partial charge in [0.2, 0.25) is 15.8 Å². The highest BCUT2D eigenvalue weighted by atomic mass is 32.2. The van der Waals surface area contributed by atoms with Crippen molar-refractivity contribution in [1.29, 1.82) is 0 Å². The highest BCUT2D eigenvalue weighted by Gasteiger charge is 2.26. The molecule has 0 amide bonds. The maximum Gasteiger partial charge on any atom is 0.232 e. The van der Waals surface area contributed by atoms with E-state index < -0.39 is 38.7 Å². The maximum absolute atomic E-state index is 15.2. The summed E-state index contributed by atoms with van der Waals surface area (Å²) in [7, 11) is -2.02. The Morgan fingerprint density at radius 3 is 2.69 bits per heavy atom.